The van der Waals surface area contributed by atoms with E-state index in [1.54, 1.807) is 0 Å². The summed E-state index contributed by atoms with van der Waals surface area (Å²) < 4.78 is 23.9. The Morgan fingerprint density at radius 3 is 2.33 bits per heavy atom. The number of carbonyl (C=O) groups is 1. The average Bonchev–Trinajstić information content (AvgIpc) is 2.26. The van der Waals surface area contributed by atoms with E-state index in [0.29, 0.717) is 6.54 Å². The van der Waals surface area contributed by atoms with Crippen LogP contribution in [0.5, 0.6) is 0 Å². The Morgan fingerprint density at radius 1 is 1.17 bits per heavy atom. The van der Waals surface area contributed by atoms with Crippen molar-refractivity contribution in [1.29, 1.82) is 0 Å². The molecule has 1 aliphatic carbocycles. The molecule has 0 unspecified atom stereocenters. The summed E-state index contributed by atoms with van der Waals surface area (Å²) in [5.74, 6) is 0.755. The molecule has 2 amide bonds. The van der Waals surface area contributed by atoms with Crippen molar-refractivity contribution in [2.24, 2.45) is 5.92 Å². The maximum atomic E-state index is 11.5. The van der Waals surface area contributed by atoms with Gasteiger partial charge in [0.1, 0.15) is 0 Å². The van der Waals surface area contributed by atoms with Crippen LogP contribution in [0.25, 0.3) is 0 Å². The molecule has 1 rings (SSSR count). The lowest BCUT2D eigenvalue weighted by Gasteiger charge is -2.26. The zero-order valence-corrected chi connectivity index (χ0v) is 11.8. The van der Waals surface area contributed by atoms with E-state index in [9.17, 15) is 13.2 Å². The fraction of sp³-hybridized carbons (Fsp3) is 0.909. The molecule has 0 radical (unpaired) electrons. The molecule has 6 nitrogen and oxygen atoms in total. The summed E-state index contributed by atoms with van der Waals surface area (Å²) in [6.45, 7) is 2.74. The number of amides is 2. The predicted molar refractivity (Wildman–Crippen MR) is 70.8 cm³/mol. The molecule has 3 N–H and O–H groups in total. The highest BCUT2D eigenvalue weighted by Crippen LogP contribution is 2.23. The van der Waals surface area contributed by atoms with Crippen molar-refractivity contribution in [2.45, 2.75) is 38.6 Å². The van der Waals surface area contributed by atoms with Crippen molar-refractivity contribution in [3.05, 3.63) is 0 Å². The summed E-state index contributed by atoms with van der Waals surface area (Å²) in [5, 5.41) is 5.55. The van der Waals surface area contributed by atoms with Crippen LogP contribution < -0.4 is 15.4 Å². The van der Waals surface area contributed by atoms with Gasteiger partial charge in [0.25, 0.3) is 0 Å². The third-order valence-electron chi connectivity index (χ3n) is 3.13. The molecular formula is C11H23N3O3S. The van der Waals surface area contributed by atoms with E-state index >= 15 is 0 Å². The van der Waals surface area contributed by atoms with Gasteiger partial charge in [0.05, 0.1) is 6.26 Å². The molecule has 0 atom stereocenters. The van der Waals surface area contributed by atoms with Gasteiger partial charge in [0, 0.05) is 19.1 Å². The van der Waals surface area contributed by atoms with Crippen molar-refractivity contribution in [1.82, 2.24) is 15.4 Å². The molecule has 0 spiro atoms. The van der Waals surface area contributed by atoms with E-state index in [1.165, 1.54) is 0 Å². The summed E-state index contributed by atoms with van der Waals surface area (Å²) in [5.41, 5.74) is 0. The molecule has 7 heteroatoms. The highest BCUT2D eigenvalue weighted by Gasteiger charge is 2.19. The first-order chi connectivity index (χ1) is 8.37. The number of nitrogens with one attached hydrogen (secondary N) is 3. The van der Waals surface area contributed by atoms with Gasteiger partial charge in [-0.05, 0) is 31.6 Å². The first kappa shape index (κ1) is 15.2. The molecule has 0 aromatic heterocycles. The van der Waals surface area contributed by atoms with Crippen LogP contribution in [-0.2, 0) is 10.0 Å². The summed E-state index contributed by atoms with van der Waals surface area (Å²) in [7, 11) is -3.18. The summed E-state index contributed by atoms with van der Waals surface area (Å²) in [6.07, 6.45) is 5.45. The normalized spacial score (nSPS) is 24.6. The summed E-state index contributed by atoms with van der Waals surface area (Å²) >= 11 is 0. The fourth-order valence-electron chi connectivity index (χ4n) is 2.05. The molecule has 0 aliphatic heterocycles. The summed E-state index contributed by atoms with van der Waals surface area (Å²) in [6, 6.07) is 0.0360. The van der Waals surface area contributed by atoms with Crippen LogP contribution in [0.4, 0.5) is 4.79 Å². The van der Waals surface area contributed by atoms with Gasteiger partial charge in [-0.15, -0.1) is 0 Å². The van der Waals surface area contributed by atoms with Crippen LogP contribution in [0.15, 0.2) is 0 Å². The second kappa shape index (κ2) is 6.94. The molecule has 18 heavy (non-hydrogen) atoms. The van der Waals surface area contributed by atoms with Gasteiger partial charge in [-0.2, -0.15) is 0 Å². The molecule has 0 saturated heterocycles. The number of urea groups is 1. The first-order valence-electron chi connectivity index (χ1n) is 6.36. The molecule has 1 saturated carbocycles. The smallest absolute Gasteiger partial charge is 0.315 e. The number of sulfonamides is 1. The second-order valence-corrected chi connectivity index (χ2v) is 6.86. The van der Waals surface area contributed by atoms with Crippen molar-refractivity contribution in [3.63, 3.8) is 0 Å². The van der Waals surface area contributed by atoms with Gasteiger partial charge in [-0.3, -0.25) is 0 Å². The van der Waals surface area contributed by atoms with Gasteiger partial charge in [0.2, 0.25) is 10.0 Å². The minimum absolute atomic E-state index is 0.216. The van der Waals surface area contributed by atoms with E-state index in [2.05, 4.69) is 22.3 Å². The van der Waals surface area contributed by atoms with E-state index in [4.69, 9.17) is 0 Å². The first-order valence-corrected chi connectivity index (χ1v) is 8.25. The highest BCUT2D eigenvalue weighted by atomic mass is 32.2. The van der Waals surface area contributed by atoms with Crippen LogP contribution in [0.3, 0.4) is 0 Å². The quantitative estimate of drug-likeness (QED) is 0.636. The second-order valence-electron chi connectivity index (χ2n) is 5.02. The third-order valence-corrected chi connectivity index (χ3v) is 3.85. The van der Waals surface area contributed by atoms with Crippen molar-refractivity contribution >= 4 is 16.1 Å². The monoisotopic (exact) mass is 277 g/mol. The number of carbonyl (C=O) groups excluding carboxylic acids is 1. The molecule has 0 heterocycles. The lowest BCUT2D eigenvalue weighted by atomic mass is 9.87. The van der Waals surface area contributed by atoms with Crippen LogP contribution in [0.1, 0.15) is 32.6 Å². The predicted octanol–water partition coefficient (Wildman–Crippen LogP) is 0.414. The summed E-state index contributed by atoms with van der Waals surface area (Å²) in [4.78, 5) is 11.5. The minimum atomic E-state index is -3.18. The van der Waals surface area contributed by atoms with Crippen molar-refractivity contribution in [3.8, 4) is 0 Å². The molecule has 106 valence electrons. The van der Waals surface area contributed by atoms with Gasteiger partial charge in [-0.1, -0.05) is 6.92 Å². The Balaban J connectivity index is 2.10. The zero-order valence-electron chi connectivity index (χ0n) is 11.0. The molecule has 0 aromatic rings. The Bertz CT molecular complexity index is 362. The van der Waals surface area contributed by atoms with Crippen molar-refractivity contribution < 1.29 is 13.2 Å². The van der Waals surface area contributed by atoms with Crippen LogP contribution >= 0.6 is 0 Å². The van der Waals surface area contributed by atoms with E-state index < -0.39 is 10.0 Å². The average molecular weight is 277 g/mol. The van der Waals surface area contributed by atoms with Gasteiger partial charge in [0.15, 0.2) is 0 Å². The number of hydrogen-bond acceptors (Lipinski definition) is 3. The van der Waals surface area contributed by atoms with E-state index in [1.807, 2.05) is 0 Å². The molecular weight excluding hydrogens is 254 g/mol. The largest absolute Gasteiger partial charge is 0.337 e. The Labute approximate surface area is 109 Å². The van der Waals surface area contributed by atoms with Gasteiger partial charge >= 0.3 is 6.03 Å². The fourth-order valence-corrected chi connectivity index (χ4v) is 2.53. The molecule has 0 aromatic carbocycles. The Hall–Kier alpha value is -0.820. The number of hydrogen-bond donors (Lipinski definition) is 3. The maximum absolute atomic E-state index is 11.5. The third kappa shape index (κ3) is 6.80. The molecule has 1 aliphatic rings. The molecule has 1 fully saturated rings. The SMILES string of the molecule is CC1CCC(NC(=O)NCCNS(C)(=O)=O)CC1. The van der Waals surface area contributed by atoms with Crippen molar-refractivity contribution in [2.75, 3.05) is 19.3 Å². The molecule has 0 bridgehead atoms. The van der Waals surface area contributed by atoms with E-state index in [-0.39, 0.29) is 18.6 Å². The van der Waals surface area contributed by atoms with E-state index in [0.717, 1.165) is 37.9 Å². The van der Waals surface area contributed by atoms with Crippen LogP contribution in [0, 0.1) is 5.92 Å². The zero-order chi connectivity index (χ0) is 13.6. The topological polar surface area (TPSA) is 87.3 Å². The lowest BCUT2D eigenvalue weighted by molar-refractivity contribution is 0.228. The Morgan fingerprint density at radius 2 is 1.78 bits per heavy atom. The standard InChI is InChI=1S/C11H23N3O3S/c1-9-3-5-10(6-4-9)14-11(15)12-7-8-13-18(2,16)17/h9-10,13H,3-8H2,1-2H3,(H2,12,14,15). The lowest BCUT2D eigenvalue weighted by Crippen LogP contribution is -2.45. The number of rotatable bonds is 5. The van der Waals surface area contributed by atoms with Crippen LogP contribution in [0.2, 0.25) is 0 Å². The van der Waals surface area contributed by atoms with Crippen LogP contribution in [-0.4, -0.2) is 39.8 Å². The minimum Gasteiger partial charge on any atom is -0.337 e. The Kier molecular flexibility index (Phi) is 5.87. The van der Waals surface area contributed by atoms with Gasteiger partial charge in [-0.25, -0.2) is 17.9 Å². The maximum Gasteiger partial charge on any atom is 0.315 e. The van der Waals surface area contributed by atoms with Gasteiger partial charge < -0.3 is 10.6 Å². The highest BCUT2D eigenvalue weighted by molar-refractivity contribution is 7.88.